The standard InChI is InChI=1S/C9H6NO2.Y/c11-9(12)8-5-6-3-1-2-4-7(6)10-8;/h1-4,10H,(H,11,12);/q-1;. The molecule has 1 aromatic carbocycles. The van der Waals surface area contributed by atoms with Crippen LogP contribution in [0.2, 0.25) is 0 Å². The van der Waals surface area contributed by atoms with Crippen molar-refractivity contribution in [3.8, 4) is 0 Å². The van der Waals surface area contributed by atoms with Gasteiger partial charge in [0.05, 0.1) is 0 Å². The van der Waals surface area contributed by atoms with E-state index < -0.39 is 5.97 Å². The number of hydrogen-bond donors (Lipinski definition) is 2. The van der Waals surface area contributed by atoms with E-state index in [9.17, 15) is 4.79 Å². The third kappa shape index (κ3) is 1.98. The fourth-order valence-electron chi connectivity index (χ4n) is 1.11. The van der Waals surface area contributed by atoms with E-state index in [1.165, 1.54) is 0 Å². The summed E-state index contributed by atoms with van der Waals surface area (Å²) in [4.78, 5) is 13.2. The average molecular weight is 249 g/mol. The van der Waals surface area contributed by atoms with Gasteiger partial charge in [0, 0.05) is 38.4 Å². The fourth-order valence-corrected chi connectivity index (χ4v) is 1.11. The summed E-state index contributed by atoms with van der Waals surface area (Å²) in [6.07, 6.45) is 0. The van der Waals surface area contributed by atoms with Crippen molar-refractivity contribution in [2.75, 3.05) is 0 Å². The minimum absolute atomic E-state index is 0. The van der Waals surface area contributed by atoms with Gasteiger partial charge in [-0.2, -0.15) is 0 Å². The predicted molar refractivity (Wildman–Crippen MR) is 44.1 cm³/mol. The van der Waals surface area contributed by atoms with Crippen LogP contribution in [0.25, 0.3) is 10.9 Å². The molecule has 0 saturated carbocycles. The number of aromatic carboxylic acids is 1. The largest absolute Gasteiger partial charge is 0.520 e. The van der Waals surface area contributed by atoms with E-state index >= 15 is 0 Å². The van der Waals surface area contributed by atoms with Crippen LogP contribution in [0.1, 0.15) is 10.5 Å². The van der Waals surface area contributed by atoms with Crippen molar-refractivity contribution >= 4 is 16.9 Å². The Hall–Kier alpha value is -0.666. The molecule has 2 rings (SSSR count). The van der Waals surface area contributed by atoms with Crippen LogP contribution in [0.15, 0.2) is 24.3 Å². The second-order valence-electron chi connectivity index (χ2n) is 2.48. The summed E-state index contributed by atoms with van der Waals surface area (Å²) in [5, 5.41) is 9.42. The minimum Gasteiger partial charge on any atom is -0.520 e. The Morgan fingerprint density at radius 3 is 2.69 bits per heavy atom. The van der Waals surface area contributed by atoms with Crippen LogP contribution in [-0.4, -0.2) is 16.1 Å². The summed E-state index contributed by atoms with van der Waals surface area (Å²) in [6, 6.07) is 10.1. The molecule has 0 aliphatic carbocycles. The number of fused-ring (bicyclic) bond motifs is 1. The molecule has 1 aromatic heterocycles. The Morgan fingerprint density at radius 2 is 2.08 bits per heavy atom. The maximum absolute atomic E-state index is 10.5. The number of carboxylic acid groups (broad SMARTS) is 1. The van der Waals surface area contributed by atoms with Crippen molar-refractivity contribution in [2.24, 2.45) is 0 Å². The van der Waals surface area contributed by atoms with E-state index in [1.807, 2.05) is 24.3 Å². The van der Waals surface area contributed by atoms with Crippen molar-refractivity contribution in [1.29, 1.82) is 0 Å². The molecule has 4 heteroatoms. The summed E-state index contributed by atoms with van der Waals surface area (Å²) in [6.45, 7) is 0. The molecule has 0 bridgehead atoms. The fraction of sp³-hybridized carbons (Fsp3) is 0. The molecule has 0 atom stereocenters. The first-order valence-corrected chi connectivity index (χ1v) is 3.51. The Morgan fingerprint density at radius 1 is 1.38 bits per heavy atom. The third-order valence-electron chi connectivity index (χ3n) is 1.66. The second-order valence-corrected chi connectivity index (χ2v) is 2.48. The first kappa shape index (κ1) is 10.4. The molecule has 0 amide bonds. The molecule has 1 heterocycles. The van der Waals surface area contributed by atoms with Gasteiger partial charge in [-0.1, -0.05) is 12.1 Å². The average Bonchev–Trinajstić information content (AvgIpc) is 2.46. The van der Waals surface area contributed by atoms with Crippen LogP contribution in [0, 0.1) is 6.07 Å². The normalized spacial score (nSPS) is 9.54. The zero-order valence-electron chi connectivity index (χ0n) is 6.74. The van der Waals surface area contributed by atoms with Gasteiger partial charge < -0.3 is 14.9 Å². The molecular formula is C9H6NO2Y-. The van der Waals surface area contributed by atoms with Crippen molar-refractivity contribution in [3.63, 3.8) is 0 Å². The molecule has 13 heavy (non-hydrogen) atoms. The van der Waals surface area contributed by atoms with Gasteiger partial charge in [-0.15, -0.1) is 23.6 Å². The molecule has 63 valence electrons. The molecule has 0 fully saturated rings. The van der Waals surface area contributed by atoms with E-state index in [4.69, 9.17) is 5.11 Å². The molecule has 0 aliphatic rings. The first-order valence-electron chi connectivity index (χ1n) is 3.51. The quantitative estimate of drug-likeness (QED) is 0.755. The third-order valence-corrected chi connectivity index (χ3v) is 1.66. The van der Waals surface area contributed by atoms with Crippen LogP contribution < -0.4 is 0 Å². The number of carbonyl (C=O) groups is 1. The van der Waals surface area contributed by atoms with Crippen molar-refractivity contribution in [2.45, 2.75) is 0 Å². The van der Waals surface area contributed by atoms with Crippen molar-refractivity contribution in [3.05, 3.63) is 36.0 Å². The smallest absolute Gasteiger partial charge is 0.272 e. The van der Waals surface area contributed by atoms with Crippen molar-refractivity contribution in [1.82, 2.24) is 4.98 Å². The molecule has 0 spiro atoms. The maximum atomic E-state index is 10.5. The van der Waals surface area contributed by atoms with E-state index in [1.54, 1.807) is 0 Å². The van der Waals surface area contributed by atoms with Crippen LogP contribution >= 0.6 is 0 Å². The number of nitrogens with one attached hydrogen (secondary N) is 1. The molecule has 0 unspecified atom stereocenters. The first-order chi connectivity index (χ1) is 5.77. The van der Waals surface area contributed by atoms with Gasteiger partial charge in [-0.25, -0.2) is 0 Å². The van der Waals surface area contributed by atoms with Crippen LogP contribution in [-0.2, 0) is 32.7 Å². The predicted octanol–water partition coefficient (Wildman–Crippen LogP) is 1.66. The van der Waals surface area contributed by atoms with E-state index in [-0.39, 0.29) is 38.4 Å². The molecule has 3 nitrogen and oxygen atoms in total. The molecular weight excluding hydrogens is 243 g/mol. The van der Waals surface area contributed by atoms with Gasteiger partial charge in [-0.05, 0) is 5.52 Å². The number of carboxylic acids is 1. The van der Waals surface area contributed by atoms with E-state index in [0.29, 0.717) is 0 Å². The minimum atomic E-state index is -0.980. The topological polar surface area (TPSA) is 53.1 Å². The van der Waals surface area contributed by atoms with Gasteiger partial charge >= 0.3 is 0 Å². The van der Waals surface area contributed by atoms with Gasteiger partial charge in [0.1, 0.15) is 0 Å². The molecule has 1 radical (unpaired) electrons. The molecule has 2 aromatic rings. The van der Waals surface area contributed by atoms with Crippen LogP contribution in [0.5, 0.6) is 0 Å². The van der Waals surface area contributed by atoms with Gasteiger partial charge in [0.15, 0.2) is 0 Å². The summed E-state index contributed by atoms with van der Waals surface area (Å²) in [5.74, 6) is -0.980. The van der Waals surface area contributed by atoms with E-state index in [0.717, 1.165) is 10.9 Å². The Bertz CT molecular complexity index is 403. The molecule has 2 N–H and O–H groups in total. The van der Waals surface area contributed by atoms with Crippen LogP contribution in [0.3, 0.4) is 0 Å². The summed E-state index contributed by atoms with van der Waals surface area (Å²) >= 11 is 0. The number of para-hydroxylation sites is 1. The maximum Gasteiger partial charge on any atom is 0.272 e. The number of hydrogen-bond acceptors (Lipinski definition) is 1. The Balaban J connectivity index is 0.000000845. The van der Waals surface area contributed by atoms with Crippen LogP contribution in [0.4, 0.5) is 0 Å². The zero-order chi connectivity index (χ0) is 8.55. The number of benzene rings is 1. The Labute approximate surface area is 100 Å². The van der Waals surface area contributed by atoms with Crippen molar-refractivity contribution < 1.29 is 42.6 Å². The summed E-state index contributed by atoms with van der Waals surface area (Å²) < 4.78 is 0. The van der Waals surface area contributed by atoms with Gasteiger partial charge in [0.25, 0.3) is 5.97 Å². The Kier molecular flexibility index (Phi) is 3.23. The number of aromatic amines is 1. The molecule has 0 saturated heterocycles. The van der Waals surface area contributed by atoms with E-state index in [2.05, 4.69) is 11.1 Å². The SMILES string of the molecule is O=C(O)c1[c-]c2ccccc2[nH]1.[Y]. The van der Waals surface area contributed by atoms with Gasteiger partial charge in [0.2, 0.25) is 0 Å². The number of H-pyrrole nitrogens is 1. The summed E-state index contributed by atoms with van der Waals surface area (Å²) in [7, 11) is 0. The zero-order valence-corrected chi connectivity index (χ0v) is 9.58. The van der Waals surface area contributed by atoms with Gasteiger partial charge in [-0.3, -0.25) is 0 Å². The number of aromatic nitrogens is 1. The number of rotatable bonds is 1. The molecule has 0 aliphatic heterocycles. The second kappa shape index (κ2) is 4.03. The summed E-state index contributed by atoms with van der Waals surface area (Å²) in [5.41, 5.74) is 0.908. The monoisotopic (exact) mass is 249 g/mol.